The Morgan fingerprint density at radius 1 is 1.43 bits per heavy atom. The second kappa shape index (κ2) is 6.48. The summed E-state index contributed by atoms with van der Waals surface area (Å²) >= 11 is 0. The van der Waals surface area contributed by atoms with E-state index in [9.17, 15) is 23.6 Å². The van der Waals surface area contributed by atoms with Crippen LogP contribution in [0.25, 0.3) is 0 Å². The van der Waals surface area contributed by atoms with Gasteiger partial charge in [-0.3, -0.25) is 10.1 Å². The quantitative estimate of drug-likeness (QED) is 0.587. The van der Waals surface area contributed by atoms with Gasteiger partial charge in [0.05, 0.1) is 4.92 Å². The lowest BCUT2D eigenvalue weighted by atomic mass is 10.2. The molecule has 1 aliphatic heterocycles. The number of nitrogens with one attached hydrogen (secondary N) is 1. The molecule has 0 spiro atoms. The molecule has 2 rings (SSSR count). The SMILES string of the molecule is O=[N+]([O-])c1ccccc1S(=O)(=O)N1CCNCC(CO)C1. The number of aliphatic hydroxyl groups excluding tert-OH is 1. The fraction of sp³-hybridized carbons (Fsp3) is 0.500. The van der Waals surface area contributed by atoms with Crippen molar-refractivity contribution >= 4 is 15.7 Å². The summed E-state index contributed by atoms with van der Waals surface area (Å²) in [7, 11) is -3.96. The van der Waals surface area contributed by atoms with Gasteiger partial charge in [0.25, 0.3) is 5.69 Å². The number of nitro groups is 1. The maximum absolute atomic E-state index is 12.6. The molecule has 1 aromatic carbocycles. The Morgan fingerprint density at radius 2 is 2.14 bits per heavy atom. The third kappa shape index (κ3) is 3.38. The number of nitrogens with zero attached hydrogens (tertiary/aromatic N) is 2. The Hall–Kier alpha value is -1.55. The Labute approximate surface area is 122 Å². The van der Waals surface area contributed by atoms with Gasteiger partial charge < -0.3 is 10.4 Å². The molecule has 1 aromatic rings. The van der Waals surface area contributed by atoms with Gasteiger partial charge in [-0.2, -0.15) is 4.31 Å². The highest BCUT2D eigenvalue weighted by Gasteiger charge is 2.33. The van der Waals surface area contributed by atoms with E-state index in [0.29, 0.717) is 13.1 Å². The van der Waals surface area contributed by atoms with Gasteiger partial charge in [0.2, 0.25) is 10.0 Å². The van der Waals surface area contributed by atoms with Crippen molar-refractivity contribution in [1.29, 1.82) is 0 Å². The molecule has 1 atom stereocenters. The summed E-state index contributed by atoms with van der Waals surface area (Å²) in [4.78, 5) is 10.00. The molecule has 1 unspecified atom stereocenters. The average Bonchev–Trinajstić information content (AvgIpc) is 2.73. The zero-order valence-electron chi connectivity index (χ0n) is 11.3. The molecule has 1 aliphatic rings. The van der Waals surface area contributed by atoms with Crippen LogP contribution in [0.4, 0.5) is 5.69 Å². The van der Waals surface area contributed by atoms with Crippen LogP contribution in [0.2, 0.25) is 0 Å². The summed E-state index contributed by atoms with van der Waals surface area (Å²) < 4.78 is 26.5. The van der Waals surface area contributed by atoms with Crippen LogP contribution in [-0.4, -0.2) is 55.5 Å². The van der Waals surface area contributed by atoms with Crippen molar-refractivity contribution in [2.24, 2.45) is 5.92 Å². The highest BCUT2D eigenvalue weighted by atomic mass is 32.2. The monoisotopic (exact) mass is 315 g/mol. The molecule has 0 amide bonds. The van der Waals surface area contributed by atoms with Crippen LogP contribution in [0.1, 0.15) is 0 Å². The van der Waals surface area contributed by atoms with E-state index in [1.165, 1.54) is 28.6 Å². The first kappa shape index (κ1) is 15.8. The fourth-order valence-electron chi connectivity index (χ4n) is 2.26. The van der Waals surface area contributed by atoms with Crippen LogP contribution in [0.15, 0.2) is 29.2 Å². The summed E-state index contributed by atoms with van der Waals surface area (Å²) in [6.07, 6.45) is 0. The van der Waals surface area contributed by atoms with Gasteiger partial charge >= 0.3 is 0 Å². The molecular weight excluding hydrogens is 298 g/mol. The van der Waals surface area contributed by atoms with Crippen molar-refractivity contribution < 1.29 is 18.4 Å². The van der Waals surface area contributed by atoms with Gasteiger partial charge in [-0.15, -0.1) is 0 Å². The fourth-order valence-corrected chi connectivity index (χ4v) is 3.93. The van der Waals surface area contributed by atoms with Crippen molar-refractivity contribution in [3.05, 3.63) is 34.4 Å². The molecule has 0 radical (unpaired) electrons. The zero-order valence-corrected chi connectivity index (χ0v) is 12.1. The number of sulfonamides is 1. The molecule has 1 fully saturated rings. The minimum atomic E-state index is -3.96. The predicted octanol–water partition coefficient (Wildman–Crippen LogP) is -0.203. The van der Waals surface area contributed by atoms with Crippen LogP contribution in [-0.2, 0) is 10.0 Å². The summed E-state index contributed by atoms with van der Waals surface area (Å²) in [6, 6.07) is 5.30. The third-order valence-corrected chi connectivity index (χ3v) is 5.28. The first-order valence-corrected chi connectivity index (χ1v) is 7.96. The van der Waals surface area contributed by atoms with E-state index in [0.717, 1.165) is 0 Å². The van der Waals surface area contributed by atoms with Gasteiger partial charge in [0, 0.05) is 44.8 Å². The van der Waals surface area contributed by atoms with Crippen molar-refractivity contribution in [2.45, 2.75) is 4.90 Å². The topological polar surface area (TPSA) is 113 Å². The normalized spacial score (nSPS) is 20.9. The van der Waals surface area contributed by atoms with E-state index in [2.05, 4.69) is 5.32 Å². The van der Waals surface area contributed by atoms with Crippen molar-refractivity contribution in [3.8, 4) is 0 Å². The number of hydrogen-bond acceptors (Lipinski definition) is 6. The lowest BCUT2D eigenvalue weighted by Crippen LogP contribution is -2.37. The second-order valence-corrected chi connectivity index (χ2v) is 6.75. The zero-order chi connectivity index (χ0) is 15.5. The molecular formula is C12H17N3O5S. The summed E-state index contributed by atoms with van der Waals surface area (Å²) in [5.74, 6) is -0.231. The van der Waals surface area contributed by atoms with Gasteiger partial charge in [-0.05, 0) is 6.07 Å². The molecule has 8 nitrogen and oxygen atoms in total. The largest absolute Gasteiger partial charge is 0.396 e. The molecule has 0 aromatic heterocycles. The Kier molecular flexibility index (Phi) is 4.88. The first-order chi connectivity index (χ1) is 9.96. The summed E-state index contributed by atoms with van der Waals surface area (Å²) in [5.41, 5.74) is -0.435. The summed E-state index contributed by atoms with van der Waals surface area (Å²) in [5, 5.41) is 23.3. The first-order valence-electron chi connectivity index (χ1n) is 6.52. The van der Waals surface area contributed by atoms with E-state index in [1.807, 2.05) is 0 Å². The van der Waals surface area contributed by atoms with Crippen LogP contribution >= 0.6 is 0 Å². The minimum Gasteiger partial charge on any atom is -0.396 e. The number of nitro benzene ring substituents is 1. The maximum Gasteiger partial charge on any atom is 0.289 e. The van der Waals surface area contributed by atoms with Gasteiger partial charge in [-0.25, -0.2) is 8.42 Å². The van der Waals surface area contributed by atoms with E-state index in [4.69, 9.17) is 0 Å². The van der Waals surface area contributed by atoms with Crippen LogP contribution in [0, 0.1) is 16.0 Å². The molecule has 21 heavy (non-hydrogen) atoms. The number of rotatable bonds is 4. The molecule has 0 bridgehead atoms. The smallest absolute Gasteiger partial charge is 0.289 e. The lowest BCUT2D eigenvalue weighted by molar-refractivity contribution is -0.387. The van der Waals surface area contributed by atoms with E-state index in [1.54, 1.807) is 0 Å². The van der Waals surface area contributed by atoms with E-state index >= 15 is 0 Å². The van der Waals surface area contributed by atoms with Crippen LogP contribution < -0.4 is 5.32 Å². The minimum absolute atomic E-state index is 0.137. The Morgan fingerprint density at radius 3 is 2.81 bits per heavy atom. The van der Waals surface area contributed by atoms with Crippen LogP contribution in [0.3, 0.4) is 0 Å². The van der Waals surface area contributed by atoms with Gasteiger partial charge in [0.15, 0.2) is 4.90 Å². The number of aliphatic hydroxyl groups is 1. The molecule has 116 valence electrons. The number of para-hydroxylation sites is 1. The highest BCUT2D eigenvalue weighted by molar-refractivity contribution is 7.89. The number of hydrogen-bond donors (Lipinski definition) is 2. The Bertz CT molecular complexity index is 619. The lowest BCUT2D eigenvalue weighted by Gasteiger charge is -2.22. The molecule has 9 heteroatoms. The maximum atomic E-state index is 12.6. The predicted molar refractivity (Wildman–Crippen MR) is 75.3 cm³/mol. The third-order valence-electron chi connectivity index (χ3n) is 3.37. The second-order valence-electron chi connectivity index (χ2n) is 4.84. The molecule has 1 heterocycles. The van der Waals surface area contributed by atoms with Crippen molar-refractivity contribution in [3.63, 3.8) is 0 Å². The van der Waals surface area contributed by atoms with Crippen LogP contribution in [0.5, 0.6) is 0 Å². The molecule has 0 aliphatic carbocycles. The van der Waals surface area contributed by atoms with Gasteiger partial charge in [0.1, 0.15) is 0 Å². The summed E-state index contributed by atoms with van der Waals surface area (Å²) in [6.45, 7) is 1.16. The van der Waals surface area contributed by atoms with Crippen molar-refractivity contribution in [2.75, 3.05) is 32.8 Å². The van der Waals surface area contributed by atoms with Crippen molar-refractivity contribution in [1.82, 2.24) is 9.62 Å². The van der Waals surface area contributed by atoms with Gasteiger partial charge in [-0.1, -0.05) is 12.1 Å². The molecule has 1 saturated heterocycles. The Balaban J connectivity index is 2.39. The van der Waals surface area contributed by atoms with E-state index < -0.39 is 20.6 Å². The highest BCUT2D eigenvalue weighted by Crippen LogP contribution is 2.26. The molecule has 0 saturated carbocycles. The van der Waals surface area contributed by atoms with E-state index in [-0.39, 0.29) is 30.5 Å². The number of benzene rings is 1. The average molecular weight is 315 g/mol. The molecule has 2 N–H and O–H groups in total. The standard InChI is InChI=1S/C12H17N3O5S/c16-9-10-7-13-5-6-14(8-10)21(19,20)12-4-2-1-3-11(12)15(17)18/h1-4,10,13,16H,5-9H2.